The highest BCUT2D eigenvalue weighted by Crippen LogP contribution is 2.38. The highest BCUT2D eigenvalue weighted by atomic mass is 19.1. The molecule has 0 radical (unpaired) electrons. The van der Waals surface area contributed by atoms with Crippen molar-refractivity contribution in [1.29, 1.82) is 0 Å². The number of halogens is 1. The molecule has 5 aromatic rings. The summed E-state index contributed by atoms with van der Waals surface area (Å²) in [6.07, 6.45) is 8.25. The molecule has 42 heavy (non-hydrogen) atoms. The summed E-state index contributed by atoms with van der Waals surface area (Å²) >= 11 is 0. The first kappa shape index (κ1) is 25.8. The fraction of sp³-hybridized carbons (Fsp3) is 0.267. The van der Waals surface area contributed by atoms with Crippen molar-refractivity contribution in [1.82, 2.24) is 34.4 Å². The third-order valence-corrected chi connectivity index (χ3v) is 7.83. The van der Waals surface area contributed by atoms with E-state index in [0.717, 1.165) is 24.2 Å². The van der Waals surface area contributed by atoms with Gasteiger partial charge < -0.3 is 19.9 Å². The number of aryl methyl sites for hydroxylation is 1. The first-order valence-electron chi connectivity index (χ1n) is 13.8. The van der Waals surface area contributed by atoms with Gasteiger partial charge in [-0.25, -0.2) is 28.8 Å². The second-order valence-corrected chi connectivity index (χ2v) is 10.6. The molecule has 0 spiro atoms. The minimum atomic E-state index is -0.502. The zero-order chi connectivity index (χ0) is 28.8. The second kappa shape index (κ2) is 10.4. The Kier molecular flexibility index (Phi) is 6.37. The van der Waals surface area contributed by atoms with Crippen molar-refractivity contribution in [2.75, 3.05) is 29.9 Å². The smallest absolute Gasteiger partial charge is 0.246 e. The van der Waals surface area contributed by atoms with Crippen LogP contribution in [0.25, 0.3) is 16.7 Å². The number of hydrogen-bond donors (Lipinski definition) is 1. The molecule has 7 rings (SSSR count). The number of ether oxygens (including phenoxy) is 1. The number of hydrogen-bond acceptors (Lipinski definition) is 9. The topological polar surface area (TPSA) is 114 Å². The summed E-state index contributed by atoms with van der Waals surface area (Å²) in [5, 5.41) is 7.19. The number of amides is 1. The number of carbonyl (C=O) groups excluding carboxylic acids is 1. The van der Waals surface area contributed by atoms with Gasteiger partial charge in [0.05, 0.1) is 17.2 Å². The van der Waals surface area contributed by atoms with Gasteiger partial charge in [0.1, 0.15) is 41.3 Å². The molecule has 0 bridgehead atoms. The molecule has 2 fully saturated rings. The van der Waals surface area contributed by atoms with E-state index in [4.69, 9.17) is 9.72 Å². The summed E-state index contributed by atoms with van der Waals surface area (Å²) in [4.78, 5) is 34.4. The minimum Gasteiger partial charge on any atom is -0.457 e. The third-order valence-electron chi connectivity index (χ3n) is 7.83. The molecule has 1 amide bonds. The van der Waals surface area contributed by atoms with E-state index in [1.807, 2.05) is 24.0 Å². The van der Waals surface area contributed by atoms with Crippen molar-refractivity contribution in [3.63, 3.8) is 0 Å². The Morgan fingerprint density at radius 3 is 2.83 bits per heavy atom. The summed E-state index contributed by atoms with van der Waals surface area (Å²) in [6, 6.07) is 10.4. The predicted molar refractivity (Wildman–Crippen MR) is 155 cm³/mol. The summed E-state index contributed by atoms with van der Waals surface area (Å²) in [7, 11) is 0. The monoisotopic (exact) mass is 565 g/mol. The summed E-state index contributed by atoms with van der Waals surface area (Å²) < 4.78 is 22.9. The average molecular weight is 566 g/mol. The summed E-state index contributed by atoms with van der Waals surface area (Å²) in [5.41, 5.74) is 2.76. The van der Waals surface area contributed by atoms with Gasteiger partial charge in [0.15, 0.2) is 11.5 Å². The van der Waals surface area contributed by atoms with Gasteiger partial charge in [-0.05, 0) is 61.6 Å². The Hall–Kier alpha value is -5.13. The van der Waals surface area contributed by atoms with Gasteiger partial charge in [-0.1, -0.05) is 6.58 Å². The molecule has 4 aromatic heterocycles. The van der Waals surface area contributed by atoms with Gasteiger partial charge in [-0.3, -0.25) is 4.79 Å². The van der Waals surface area contributed by atoms with E-state index in [1.54, 1.807) is 28.9 Å². The predicted octanol–water partition coefficient (Wildman–Crippen LogP) is 4.66. The third kappa shape index (κ3) is 4.84. The number of piperazine rings is 1. The highest BCUT2D eigenvalue weighted by molar-refractivity contribution is 5.89. The number of nitrogens with zero attached hydrogens (tertiary/aromatic N) is 8. The van der Waals surface area contributed by atoms with Crippen LogP contribution in [0.5, 0.6) is 11.5 Å². The van der Waals surface area contributed by atoms with Crippen LogP contribution < -0.4 is 15.0 Å². The van der Waals surface area contributed by atoms with Crippen molar-refractivity contribution < 1.29 is 13.9 Å². The fourth-order valence-electron chi connectivity index (χ4n) is 5.47. The maximum atomic E-state index is 15.4. The van der Waals surface area contributed by atoms with Gasteiger partial charge in [0.25, 0.3) is 0 Å². The van der Waals surface area contributed by atoms with Crippen molar-refractivity contribution >= 4 is 39.9 Å². The van der Waals surface area contributed by atoms with Crippen LogP contribution in [0.3, 0.4) is 0 Å². The molecule has 2 aliphatic rings. The normalized spacial score (nSPS) is 17.0. The second-order valence-electron chi connectivity index (χ2n) is 10.6. The molecule has 1 unspecified atom stereocenters. The number of benzene rings is 1. The Bertz CT molecular complexity index is 1840. The van der Waals surface area contributed by atoms with Crippen LogP contribution in [-0.2, 0) is 4.79 Å². The molecule has 1 atom stereocenters. The van der Waals surface area contributed by atoms with Gasteiger partial charge >= 0.3 is 0 Å². The van der Waals surface area contributed by atoms with Gasteiger partial charge in [-0.2, -0.15) is 5.10 Å². The Balaban J connectivity index is 1.14. The molecule has 1 aliphatic heterocycles. The van der Waals surface area contributed by atoms with Gasteiger partial charge in [0, 0.05) is 38.0 Å². The maximum Gasteiger partial charge on any atom is 0.246 e. The van der Waals surface area contributed by atoms with Crippen molar-refractivity contribution in [3.8, 4) is 11.5 Å². The molecule has 1 aromatic carbocycles. The number of carbonyl (C=O) groups is 1. The summed E-state index contributed by atoms with van der Waals surface area (Å²) in [6.45, 7) is 7.46. The van der Waals surface area contributed by atoms with Crippen molar-refractivity contribution in [3.05, 3.63) is 79.3 Å². The standard InChI is InChI=1S/C30H28FN9O2/c1-3-28(41)39-11-10-38(15-24(39)19-4-5-19)26-7-6-22-29(37-26)30(34-16-32-22)36-23-12-18(2)25(14-21(23)31)42-20-8-9-40-27(13-20)33-17-35-40/h3,6-9,12-14,16-17,19,24H,1,4-5,10-11,15H2,2H3,(H,32,34,36). The van der Waals surface area contributed by atoms with Crippen LogP contribution in [0.4, 0.5) is 21.7 Å². The Labute approximate surface area is 240 Å². The zero-order valence-electron chi connectivity index (χ0n) is 22.9. The first-order chi connectivity index (χ1) is 20.5. The largest absolute Gasteiger partial charge is 0.457 e. The first-order valence-corrected chi connectivity index (χ1v) is 13.8. The van der Waals surface area contributed by atoms with Gasteiger partial charge in [-0.15, -0.1) is 0 Å². The number of anilines is 3. The van der Waals surface area contributed by atoms with Crippen LogP contribution in [0.15, 0.2) is 67.9 Å². The lowest BCUT2D eigenvalue weighted by Crippen LogP contribution is -2.56. The Morgan fingerprint density at radius 1 is 1.12 bits per heavy atom. The van der Waals surface area contributed by atoms with E-state index in [9.17, 15) is 4.79 Å². The van der Waals surface area contributed by atoms with E-state index < -0.39 is 5.82 Å². The molecular weight excluding hydrogens is 537 g/mol. The SMILES string of the molecule is C=CC(=O)N1CCN(c2ccc3ncnc(Nc4cc(C)c(Oc5ccn6ncnc6c5)cc4F)c3n2)CC1C1CC1. The molecule has 12 heteroatoms. The number of rotatable bonds is 7. The van der Waals surface area contributed by atoms with E-state index >= 15 is 4.39 Å². The number of fused-ring (bicyclic) bond motifs is 2. The lowest BCUT2D eigenvalue weighted by Gasteiger charge is -2.42. The number of aromatic nitrogens is 6. The average Bonchev–Trinajstić information content (AvgIpc) is 3.76. The van der Waals surface area contributed by atoms with Crippen LogP contribution in [0.1, 0.15) is 18.4 Å². The lowest BCUT2D eigenvalue weighted by atomic mass is 10.1. The van der Waals surface area contributed by atoms with Crippen LogP contribution >= 0.6 is 0 Å². The summed E-state index contributed by atoms with van der Waals surface area (Å²) in [5.74, 6) is 2.04. The fourth-order valence-corrected chi connectivity index (χ4v) is 5.47. The molecule has 1 saturated carbocycles. The van der Waals surface area contributed by atoms with E-state index in [1.165, 1.54) is 24.8 Å². The quantitative estimate of drug-likeness (QED) is 0.281. The van der Waals surface area contributed by atoms with Crippen molar-refractivity contribution in [2.24, 2.45) is 5.92 Å². The molecule has 11 nitrogen and oxygen atoms in total. The molecule has 1 saturated heterocycles. The molecule has 1 N–H and O–H groups in total. The molecule has 212 valence electrons. The molecular formula is C30H28FN9O2. The zero-order valence-corrected chi connectivity index (χ0v) is 22.9. The molecule has 5 heterocycles. The van der Waals surface area contributed by atoms with Gasteiger partial charge in [0.2, 0.25) is 5.91 Å². The minimum absolute atomic E-state index is 0.0250. The maximum absolute atomic E-state index is 15.4. The molecule has 1 aliphatic carbocycles. The number of pyridine rings is 2. The van der Waals surface area contributed by atoms with E-state index in [0.29, 0.717) is 59.5 Å². The van der Waals surface area contributed by atoms with E-state index in [-0.39, 0.29) is 17.6 Å². The highest BCUT2D eigenvalue weighted by Gasteiger charge is 2.40. The van der Waals surface area contributed by atoms with E-state index in [2.05, 4.69) is 36.8 Å². The van der Waals surface area contributed by atoms with Crippen LogP contribution in [-0.4, -0.2) is 66.0 Å². The Morgan fingerprint density at radius 2 is 2.00 bits per heavy atom. The number of nitrogens with one attached hydrogen (secondary N) is 1. The van der Waals surface area contributed by atoms with Crippen molar-refractivity contribution in [2.45, 2.75) is 25.8 Å². The van der Waals surface area contributed by atoms with Crippen LogP contribution in [0, 0.1) is 18.7 Å². The lowest BCUT2D eigenvalue weighted by molar-refractivity contribution is -0.129. The van der Waals surface area contributed by atoms with Crippen LogP contribution in [0.2, 0.25) is 0 Å².